The highest BCUT2D eigenvalue weighted by atomic mass is 32.1. The van der Waals surface area contributed by atoms with Crippen molar-refractivity contribution in [3.63, 3.8) is 0 Å². The van der Waals surface area contributed by atoms with E-state index in [0.717, 1.165) is 32.5 Å². The molecule has 0 aromatic carbocycles. The van der Waals surface area contributed by atoms with E-state index in [1.165, 1.54) is 10.4 Å². The average Bonchev–Trinajstić information content (AvgIpc) is 3.13. The minimum absolute atomic E-state index is 0.0460. The zero-order chi connectivity index (χ0) is 15.5. The van der Waals surface area contributed by atoms with Crippen molar-refractivity contribution in [2.75, 3.05) is 26.2 Å². The molecular weight excluding hydrogens is 298 g/mol. The van der Waals surface area contributed by atoms with Crippen LogP contribution in [0.1, 0.15) is 30.2 Å². The number of thiophene rings is 1. The van der Waals surface area contributed by atoms with Crippen molar-refractivity contribution in [3.05, 3.63) is 21.9 Å². The fraction of sp³-hybridized carbons (Fsp3) is 0.625. The van der Waals surface area contributed by atoms with E-state index in [1.807, 2.05) is 11.3 Å². The van der Waals surface area contributed by atoms with Crippen molar-refractivity contribution in [2.45, 2.75) is 38.8 Å². The zero-order valence-electron chi connectivity index (χ0n) is 13.0. The highest BCUT2D eigenvalue weighted by Gasteiger charge is 2.24. The molecule has 5 nitrogen and oxygen atoms in total. The predicted molar refractivity (Wildman–Crippen MR) is 86.7 cm³/mol. The summed E-state index contributed by atoms with van der Waals surface area (Å²) in [6.07, 6.45) is 2.56. The van der Waals surface area contributed by atoms with Gasteiger partial charge in [0.1, 0.15) is 0 Å². The molecule has 3 heterocycles. The van der Waals surface area contributed by atoms with E-state index < -0.39 is 0 Å². The molecule has 3 rings (SSSR count). The van der Waals surface area contributed by atoms with Crippen molar-refractivity contribution in [2.24, 2.45) is 0 Å². The van der Waals surface area contributed by atoms with E-state index in [1.54, 1.807) is 4.90 Å². The summed E-state index contributed by atoms with van der Waals surface area (Å²) in [5.74, 6) is 0.0551. The first-order valence-corrected chi connectivity index (χ1v) is 8.85. The van der Waals surface area contributed by atoms with Gasteiger partial charge in [0, 0.05) is 43.5 Å². The second kappa shape index (κ2) is 6.79. The number of hydrogen-bond acceptors (Lipinski definition) is 4. The van der Waals surface area contributed by atoms with Gasteiger partial charge in [-0.1, -0.05) is 0 Å². The fourth-order valence-corrected chi connectivity index (χ4v) is 4.03. The maximum Gasteiger partial charge on any atom is 0.239 e. The summed E-state index contributed by atoms with van der Waals surface area (Å²) < 4.78 is 0. The fourth-order valence-electron chi connectivity index (χ4n) is 3.14. The molecule has 6 heteroatoms. The lowest BCUT2D eigenvalue weighted by atomic mass is 10.1. The van der Waals surface area contributed by atoms with E-state index >= 15 is 0 Å². The second-order valence-electron chi connectivity index (χ2n) is 6.16. The number of nitrogens with zero attached hydrogens (tertiary/aromatic N) is 2. The Morgan fingerprint density at radius 1 is 1.41 bits per heavy atom. The number of fused-ring (bicyclic) bond motifs is 1. The summed E-state index contributed by atoms with van der Waals surface area (Å²) in [5, 5.41) is 5.13. The molecule has 1 N–H and O–H groups in total. The Morgan fingerprint density at radius 3 is 3.05 bits per heavy atom. The molecule has 2 aliphatic rings. The molecule has 0 bridgehead atoms. The number of nitrogens with one attached hydrogen (secondary N) is 1. The van der Waals surface area contributed by atoms with Crippen molar-refractivity contribution >= 4 is 23.2 Å². The third kappa shape index (κ3) is 3.50. The Kier molecular flexibility index (Phi) is 4.78. The zero-order valence-corrected chi connectivity index (χ0v) is 13.8. The standard InChI is InChI=1S/C16H23N3O2S/c1-12(18-7-4-14-13(10-18)5-8-22-14)9-17-15(20)11-19-6-2-3-16(19)21/h5,8,12H,2-4,6-7,9-11H2,1H3,(H,17,20). The molecule has 1 fully saturated rings. The van der Waals surface area contributed by atoms with Gasteiger partial charge in [-0.15, -0.1) is 11.3 Å². The van der Waals surface area contributed by atoms with Crippen LogP contribution in [0.3, 0.4) is 0 Å². The van der Waals surface area contributed by atoms with E-state index in [4.69, 9.17) is 0 Å². The number of hydrogen-bond donors (Lipinski definition) is 1. The molecule has 1 saturated heterocycles. The first kappa shape index (κ1) is 15.5. The molecule has 1 aromatic rings. The molecule has 0 radical (unpaired) electrons. The lowest BCUT2D eigenvalue weighted by molar-refractivity contribution is -0.133. The number of amides is 2. The van der Waals surface area contributed by atoms with Crippen LogP contribution in [0.25, 0.3) is 0 Å². The largest absolute Gasteiger partial charge is 0.353 e. The van der Waals surface area contributed by atoms with Crippen molar-refractivity contribution in [3.8, 4) is 0 Å². The van der Waals surface area contributed by atoms with Gasteiger partial charge in [-0.05, 0) is 36.8 Å². The topological polar surface area (TPSA) is 52.7 Å². The SMILES string of the molecule is CC(CNC(=O)CN1CCCC1=O)N1CCc2sccc2C1. The third-order valence-electron chi connectivity index (χ3n) is 4.56. The van der Waals surface area contributed by atoms with Gasteiger partial charge in [-0.2, -0.15) is 0 Å². The van der Waals surface area contributed by atoms with Gasteiger partial charge in [-0.25, -0.2) is 0 Å². The van der Waals surface area contributed by atoms with Crippen molar-refractivity contribution in [1.29, 1.82) is 0 Å². The van der Waals surface area contributed by atoms with Crippen LogP contribution in [-0.4, -0.2) is 53.8 Å². The van der Waals surface area contributed by atoms with Gasteiger partial charge in [0.25, 0.3) is 0 Å². The lowest BCUT2D eigenvalue weighted by Crippen LogP contribution is -2.46. The molecule has 2 amide bonds. The lowest BCUT2D eigenvalue weighted by Gasteiger charge is -2.32. The monoisotopic (exact) mass is 321 g/mol. The molecule has 0 saturated carbocycles. The van der Waals surface area contributed by atoms with Gasteiger partial charge in [0.15, 0.2) is 0 Å². The smallest absolute Gasteiger partial charge is 0.239 e. The van der Waals surface area contributed by atoms with Crippen LogP contribution in [0.4, 0.5) is 0 Å². The maximum absolute atomic E-state index is 12.0. The Balaban J connectivity index is 1.43. The Labute approximate surface area is 135 Å². The quantitative estimate of drug-likeness (QED) is 0.887. The summed E-state index contributed by atoms with van der Waals surface area (Å²) in [6, 6.07) is 2.52. The predicted octanol–water partition coefficient (Wildman–Crippen LogP) is 1.23. The summed E-state index contributed by atoms with van der Waals surface area (Å²) in [5.41, 5.74) is 1.43. The van der Waals surface area contributed by atoms with Gasteiger partial charge in [0.2, 0.25) is 11.8 Å². The van der Waals surface area contributed by atoms with Crippen LogP contribution in [0, 0.1) is 0 Å². The van der Waals surface area contributed by atoms with Gasteiger partial charge in [0.05, 0.1) is 6.54 Å². The number of rotatable bonds is 5. The molecule has 2 aliphatic heterocycles. The second-order valence-corrected chi connectivity index (χ2v) is 7.16. The molecule has 0 spiro atoms. The summed E-state index contributed by atoms with van der Waals surface area (Å²) in [6.45, 7) is 5.74. The number of carbonyl (C=O) groups is 2. The number of likely N-dealkylation sites (tertiary alicyclic amines) is 1. The third-order valence-corrected chi connectivity index (χ3v) is 5.58. The molecule has 22 heavy (non-hydrogen) atoms. The van der Waals surface area contributed by atoms with E-state index in [-0.39, 0.29) is 18.4 Å². The van der Waals surface area contributed by atoms with E-state index in [2.05, 4.69) is 28.6 Å². The first-order valence-electron chi connectivity index (χ1n) is 7.97. The molecule has 1 unspecified atom stereocenters. The van der Waals surface area contributed by atoms with Crippen LogP contribution < -0.4 is 5.32 Å². The average molecular weight is 321 g/mol. The summed E-state index contributed by atoms with van der Waals surface area (Å²) >= 11 is 1.84. The Hall–Kier alpha value is -1.40. The Morgan fingerprint density at radius 2 is 2.27 bits per heavy atom. The molecule has 0 aliphatic carbocycles. The summed E-state index contributed by atoms with van der Waals surface area (Å²) in [4.78, 5) is 29.1. The maximum atomic E-state index is 12.0. The minimum Gasteiger partial charge on any atom is -0.353 e. The van der Waals surface area contributed by atoms with Gasteiger partial charge >= 0.3 is 0 Å². The van der Waals surface area contributed by atoms with Crippen LogP contribution >= 0.6 is 11.3 Å². The van der Waals surface area contributed by atoms with E-state index in [0.29, 0.717) is 19.0 Å². The first-order chi connectivity index (χ1) is 10.6. The van der Waals surface area contributed by atoms with Gasteiger partial charge < -0.3 is 10.2 Å². The van der Waals surface area contributed by atoms with Crippen molar-refractivity contribution < 1.29 is 9.59 Å². The summed E-state index contributed by atoms with van der Waals surface area (Å²) in [7, 11) is 0. The number of carbonyl (C=O) groups excluding carboxylic acids is 2. The molecule has 120 valence electrons. The van der Waals surface area contributed by atoms with Crippen LogP contribution in [0.2, 0.25) is 0 Å². The minimum atomic E-state index is -0.0460. The Bertz CT molecular complexity index is 557. The van der Waals surface area contributed by atoms with Crippen LogP contribution in [-0.2, 0) is 22.6 Å². The van der Waals surface area contributed by atoms with Crippen LogP contribution in [0.5, 0.6) is 0 Å². The molecular formula is C16H23N3O2S. The highest BCUT2D eigenvalue weighted by Crippen LogP contribution is 2.24. The van der Waals surface area contributed by atoms with Gasteiger partial charge in [-0.3, -0.25) is 14.5 Å². The molecule has 1 atom stereocenters. The van der Waals surface area contributed by atoms with Crippen LogP contribution in [0.15, 0.2) is 11.4 Å². The highest BCUT2D eigenvalue weighted by molar-refractivity contribution is 7.10. The van der Waals surface area contributed by atoms with Crippen molar-refractivity contribution in [1.82, 2.24) is 15.1 Å². The normalized spacial score (nSPS) is 20.0. The molecule has 1 aromatic heterocycles. The van der Waals surface area contributed by atoms with E-state index in [9.17, 15) is 9.59 Å².